The van der Waals surface area contributed by atoms with Crippen molar-refractivity contribution in [2.75, 3.05) is 26.2 Å². The first-order valence-electron chi connectivity index (χ1n) is 8.22. The molecular formula is C19H18Cl2N2O3. The summed E-state index contributed by atoms with van der Waals surface area (Å²) in [4.78, 5) is 26.4. The SMILES string of the molecule is O=C(NCC(=O)N1CCOC(c2ccccc2)C1)c1cc(Cl)ccc1Cl. The second-order valence-corrected chi connectivity index (χ2v) is 6.76. The molecule has 1 unspecified atom stereocenters. The topological polar surface area (TPSA) is 58.6 Å². The number of halogens is 2. The molecule has 1 aliphatic rings. The van der Waals surface area contributed by atoms with E-state index in [1.807, 2.05) is 30.3 Å². The minimum absolute atomic E-state index is 0.108. The summed E-state index contributed by atoms with van der Waals surface area (Å²) in [6.45, 7) is 1.30. The van der Waals surface area contributed by atoms with Crippen LogP contribution in [0.5, 0.6) is 0 Å². The molecule has 7 heteroatoms. The highest BCUT2D eigenvalue weighted by Gasteiger charge is 2.25. The molecule has 2 aromatic carbocycles. The number of amides is 2. The van der Waals surface area contributed by atoms with E-state index in [0.717, 1.165) is 5.56 Å². The highest BCUT2D eigenvalue weighted by molar-refractivity contribution is 6.35. The van der Waals surface area contributed by atoms with Crippen molar-refractivity contribution in [3.05, 3.63) is 69.7 Å². The molecule has 1 saturated heterocycles. The highest BCUT2D eigenvalue weighted by Crippen LogP contribution is 2.22. The maximum atomic E-state index is 12.5. The van der Waals surface area contributed by atoms with Crippen molar-refractivity contribution in [3.63, 3.8) is 0 Å². The van der Waals surface area contributed by atoms with Crippen molar-refractivity contribution >= 4 is 35.0 Å². The molecule has 1 atom stereocenters. The van der Waals surface area contributed by atoms with E-state index < -0.39 is 5.91 Å². The fourth-order valence-corrected chi connectivity index (χ4v) is 3.16. The van der Waals surface area contributed by atoms with Gasteiger partial charge in [-0.1, -0.05) is 53.5 Å². The van der Waals surface area contributed by atoms with Crippen molar-refractivity contribution in [2.24, 2.45) is 0 Å². The Bertz CT molecular complexity index is 799. The van der Waals surface area contributed by atoms with Crippen LogP contribution in [-0.4, -0.2) is 43.0 Å². The average molecular weight is 393 g/mol. The van der Waals surface area contributed by atoms with Crippen LogP contribution < -0.4 is 5.32 Å². The van der Waals surface area contributed by atoms with E-state index in [0.29, 0.717) is 24.7 Å². The van der Waals surface area contributed by atoms with Crippen LogP contribution in [0.1, 0.15) is 22.0 Å². The number of benzene rings is 2. The van der Waals surface area contributed by atoms with Crippen LogP contribution in [0.4, 0.5) is 0 Å². The van der Waals surface area contributed by atoms with E-state index in [9.17, 15) is 9.59 Å². The second-order valence-electron chi connectivity index (χ2n) is 5.92. The Morgan fingerprint density at radius 1 is 1.15 bits per heavy atom. The summed E-state index contributed by atoms with van der Waals surface area (Å²) in [5.74, 6) is -0.598. The molecule has 5 nitrogen and oxygen atoms in total. The Kier molecular flexibility index (Phi) is 6.14. The van der Waals surface area contributed by atoms with E-state index in [4.69, 9.17) is 27.9 Å². The number of hydrogen-bond donors (Lipinski definition) is 1. The van der Waals surface area contributed by atoms with Gasteiger partial charge in [-0.15, -0.1) is 0 Å². The molecule has 3 rings (SSSR count). The lowest BCUT2D eigenvalue weighted by atomic mass is 10.1. The summed E-state index contributed by atoms with van der Waals surface area (Å²) in [5.41, 5.74) is 1.27. The maximum Gasteiger partial charge on any atom is 0.253 e. The molecule has 0 saturated carbocycles. The fourth-order valence-electron chi connectivity index (χ4n) is 2.78. The van der Waals surface area contributed by atoms with E-state index in [2.05, 4.69) is 5.32 Å². The number of nitrogens with zero attached hydrogens (tertiary/aromatic N) is 1. The predicted molar refractivity (Wildman–Crippen MR) is 101 cm³/mol. The lowest BCUT2D eigenvalue weighted by Gasteiger charge is -2.33. The molecule has 0 radical (unpaired) electrons. The van der Waals surface area contributed by atoms with Crippen molar-refractivity contribution in [2.45, 2.75) is 6.10 Å². The molecule has 136 valence electrons. The van der Waals surface area contributed by atoms with Gasteiger partial charge in [-0.05, 0) is 23.8 Å². The summed E-state index contributed by atoms with van der Waals surface area (Å²) >= 11 is 11.9. The Morgan fingerprint density at radius 3 is 2.69 bits per heavy atom. The van der Waals surface area contributed by atoms with Gasteiger partial charge in [0.2, 0.25) is 5.91 Å². The largest absolute Gasteiger partial charge is 0.370 e. The van der Waals surface area contributed by atoms with Gasteiger partial charge in [0.25, 0.3) is 5.91 Å². The zero-order chi connectivity index (χ0) is 18.5. The standard InChI is InChI=1S/C19H18Cl2N2O3/c20-14-6-7-16(21)15(10-14)19(25)22-11-18(24)23-8-9-26-17(12-23)13-4-2-1-3-5-13/h1-7,10,17H,8-9,11-12H2,(H,22,25). The number of carbonyl (C=O) groups excluding carboxylic acids is 2. The number of rotatable bonds is 4. The van der Waals surface area contributed by atoms with Crippen LogP contribution >= 0.6 is 23.2 Å². The number of ether oxygens (including phenoxy) is 1. The molecule has 2 aromatic rings. The van der Waals surface area contributed by atoms with Gasteiger partial charge >= 0.3 is 0 Å². The minimum Gasteiger partial charge on any atom is -0.370 e. The molecule has 1 N–H and O–H groups in total. The normalized spacial score (nSPS) is 17.0. The molecule has 1 heterocycles. The molecule has 1 aliphatic heterocycles. The van der Waals surface area contributed by atoms with E-state index in [1.165, 1.54) is 6.07 Å². The summed E-state index contributed by atoms with van der Waals surface area (Å²) in [6.07, 6.45) is -0.160. The van der Waals surface area contributed by atoms with Gasteiger partial charge in [0, 0.05) is 11.6 Å². The van der Waals surface area contributed by atoms with Gasteiger partial charge in [0.15, 0.2) is 0 Å². The maximum absolute atomic E-state index is 12.5. The summed E-state index contributed by atoms with van der Waals surface area (Å²) in [7, 11) is 0. The highest BCUT2D eigenvalue weighted by atomic mass is 35.5. The first kappa shape index (κ1) is 18.7. The molecule has 0 aromatic heterocycles. The Labute approximate surface area is 161 Å². The van der Waals surface area contributed by atoms with E-state index in [1.54, 1.807) is 17.0 Å². The summed E-state index contributed by atoms with van der Waals surface area (Å²) in [6, 6.07) is 14.4. The number of carbonyl (C=O) groups is 2. The second kappa shape index (κ2) is 8.54. The minimum atomic E-state index is -0.432. The zero-order valence-electron chi connectivity index (χ0n) is 14.0. The van der Waals surface area contributed by atoms with Crippen molar-refractivity contribution < 1.29 is 14.3 Å². The van der Waals surface area contributed by atoms with E-state index in [-0.39, 0.29) is 29.1 Å². The first-order valence-corrected chi connectivity index (χ1v) is 8.98. The van der Waals surface area contributed by atoms with Gasteiger partial charge in [-0.2, -0.15) is 0 Å². The quantitative estimate of drug-likeness (QED) is 0.867. The fraction of sp³-hybridized carbons (Fsp3) is 0.263. The van der Waals surface area contributed by atoms with Crippen molar-refractivity contribution in [3.8, 4) is 0 Å². The Hall–Kier alpha value is -2.08. The van der Waals surface area contributed by atoms with Gasteiger partial charge in [-0.25, -0.2) is 0 Å². The Balaban J connectivity index is 1.57. The average Bonchev–Trinajstić information content (AvgIpc) is 2.68. The van der Waals surface area contributed by atoms with Crippen LogP contribution in [0, 0.1) is 0 Å². The Morgan fingerprint density at radius 2 is 1.92 bits per heavy atom. The van der Waals surface area contributed by atoms with Gasteiger partial charge in [0.05, 0.1) is 30.3 Å². The lowest BCUT2D eigenvalue weighted by molar-refractivity contribution is -0.137. The van der Waals surface area contributed by atoms with Crippen LogP contribution in [0.3, 0.4) is 0 Å². The zero-order valence-corrected chi connectivity index (χ0v) is 15.5. The molecular weight excluding hydrogens is 375 g/mol. The third-order valence-electron chi connectivity index (χ3n) is 4.16. The molecule has 2 amide bonds. The van der Waals surface area contributed by atoms with Crippen LogP contribution in [0.25, 0.3) is 0 Å². The lowest BCUT2D eigenvalue weighted by Crippen LogP contribution is -2.46. The van der Waals surface area contributed by atoms with Crippen molar-refractivity contribution in [1.29, 1.82) is 0 Å². The monoisotopic (exact) mass is 392 g/mol. The van der Waals surface area contributed by atoms with E-state index >= 15 is 0 Å². The van der Waals surface area contributed by atoms with Gasteiger partial charge in [0.1, 0.15) is 6.10 Å². The first-order chi connectivity index (χ1) is 12.5. The van der Waals surface area contributed by atoms with Crippen molar-refractivity contribution in [1.82, 2.24) is 10.2 Å². The third kappa shape index (κ3) is 4.55. The number of nitrogens with one attached hydrogen (secondary N) is 1. The molecule has 0 aliphatic carbocycles. The smallest absolute Gasteiger partial charge is 0.253 e. The van der Waals surface area contributed by atoms with Gasteiger partial charge in [-0.3, -0.25) is 9.59 Å². The molecule has 0 bridgehead atoms. The molecule has 0 spiro atoms. The van der Waals surface area contributed by atoms with Crippen LogP contribution in [0.2, 0.25) is 10.0 Å². The molecule has 26 heavy (non-hydrogen) atoms. The summed E-state index contributed by atoms with van der Waals surface area (Å²) < 4.78 is 5.75. The van der Waals surface area contributed by atoms with Crippen LogP contribution in [-0.2, 0) is 9.53 Å². The third-order valence-corrected chi connectivity index (χ3v) is 4.73. The molecule has 1 fully saturated rings. The predicted octanol–water partition coefficient (Wildman–Crippen LogP) is 3.32. The number of morpholine rings is 1. The van der Waals surface area contributed by atoms with Crippen LogP contribution in [0.15, 0.2) is 48.5 Å². The van der Waals surface area contributed by atoms with Gasteiger partial charge < -0.3 is 15.0 Å². The summed E-state index contributed by atoms with van der Waals surface area (Å²) in [5, 5.41) is 3.30. The number of hydrogen-bond acceptors (Lipinski definition) is 3.